The molecular formula is C24H25NO4. The molecule has 5 heteroatoms. The van der Waals surface area contributed by atoms with Gasteiger partial charge in [-0.3, -0.25) is 9.59 Å². The Hall–Kier alpha value is -2.82. The van der Waals surface area contributed by atoms with E-state index in [4.69, 9.17) is 9.47 Å². The zero-order chi connectivity index (χ0) is 20.2. The van der Waals surface area contributed by atoms with E-state index < -0.39 is 5.60 Å². The van der Waals surface area contributed by atoms with Crippen LogP contribution in [-0.4, -0.2) is 24.4 Å². The third-order valence-electron chi connectivity index (χ3n) is 6.90. The van der Waals surface area contributed by atoms with Gasteiger partial charge < -0.3 is 14.8 Å². The molecule has 5 rings (SSSR count). The minimum Gasteiger partial charge on any atom is -0.496 e. The molecule has 2 aromatic rings. The Morgan fingerprint density at radius 1 is 1.21 bits per heavy atom. The van der Waals surface area contributed by atoms with Gasteiger partial charge in [-0.15, -0.1) is 0 Å². The summed E-state index contributed by atoms with van der Waals surface area (Å²) in [5.41, 5.74) is 1.10. The van der Waals surface area contributed by atoms with Crippen LogP contribution >= 0.6 is 0 Å². The first kappa shape index (κ1) is 18.2. The number of ketones is 1. The number of fused-ring (bicyclic) bond motifs is 3. The lowest BCUT2D eigenvalue weighted by Gasteiger charge is -2.37. The standard InChI is InChI=1S/C24H25NO4/c1-14(15-7-3-5-9-19(15)28-2)25-23(27)21-17-11-12-24(22(17)21)13-18(26)16-8-4-6-10-20(16)29-24/h3-10,14,17,21-22H,11-13H2,1-2H3,(H,25,27)/t14-,17-,21-,22+,24-/m1/s1. The number of ether oxygens (including phenoxy) is 2. The number of rotatable bonds is 4. The van der Waals surface area contributed by atoms with Gasteiger partial charge in [0.15, 0.2) is 5.78 Å². The van der Waals surface area contributed by atoms with E-state index in [1.165, 1.54) is 0 Å². The maximum absolute atomic E-state index is 13.1. The van der Waals surface area contributed by atoms with Crippen LogP contribution in [0.4, 0.5) is 0 Å². The zero-order valence-corrected chi connectivity index (χ0v) is 16.7. The van der Waals surface area contributed by atoms with Gasteiger partial charge in [-0.25, -0.2) is 0 Å². The lowest BCUT2D eigenvalue weighted by atomic mass is 9.84. The second-order valence-corrected chi connectivity index (χ2v) is 8.49. The fourth-order valence-corrected chi connectivity index (χ4v) is 5.53. The van der Waals surface area contributed by atoms with Crippen molar-refractivity contribution in [2.45, 2.75) is 37.8 Å². The molecule has 1 heterocycles. The first-order valence-electron chi connectivity index (χ1n) is 10.3. The predicted octanol–water partition coefficient (Wildman–Crippen LogP) is 3.93. The fourth-order valence-electron chi connectivity index (χ4n) is 5.53. The van der Waals surface area contributed by atoms with Crippen LogP contribution in [0.1, 0.15) is 48.1 Å². The van der Waals surface area contributed by atoms with Crippen molar-refractivity contribution >= 4 is 11.7 Å². The Balaban J connectivity index is 1.32. The van der Waals surface area contributed by atoms with Gasteiger partial charge in [0, 0.05) is 17.4 Å². The summed E-state index contributed by atoms with van der Waals surface area (Å²) in [5.74, 6) is 1.94. The largest absolute Gasteiger partial charge is 0.496 e. The lowest BCUT2D eigenvalue weighted by molar-refractivity contribution is -0.124. The fraction of sp³-hybridized carbons (Fsp3) is 0.417. The highest BCUT2D eigenvalue weighted by atomic mass is 16.5. The Labute approximate surface area is 170 Å². The van der Waals surface area contributed by atoms with Gasteiger partial charge in [0.2, 0.25) is 5.91 Å². The van der Waals surface area contributed by atoms with E-state index in [0.29, 0.717) is 23.7 Å². The average molecular weight is 391 g/mol. The number of Topliss-reactive ketones (excluding diaryl/α,β-unsaturated/α-hetero) is 1. The van der Waals surface area contributed by atoms with E-state index >= 15 is 0 Å². The average Bonchev–Trinajstić information content (AvgIpc) is 3.39. The van der Waals surface area contributed by atoms with Crippen LogP contribution in [0.2, 0.25) is 0 Å². The number of benzene rings is 2. The maximum atomic E-state index is 13.1. The molecule has 3 aliphatic rings. The monoisotopic (exact) mass is 391 g/mol. The first-order chi connectivity index (χ1) is 14.0. The summed E-state index contributed by atoms with van der Waals surface area (Å²) in [5, 5.41) is 3.15. The van der Waals surface area contributed by atoms with E-state index in [9.17, 15) is 9.59 Å². The summed E-state index contributed by atoms with van der Waals surface area (Å²) in [7, 11) is 1.64. The van der Waals surface area contributed by atoms with Gasteiger partial charge in [0.25, 0.3) is 0 Å². The molecule has 0 radical (unpaired) electrons. The summed E-state index contributed by atoms with van der Waals surface area (Å²) in [6, 6.07) is 15.0. The second-order valence-electron chi connectivity index (χ2n) is 8.49. The van der Waals surface area contributed by atoms with E-state index in [-0.39, 0.29) is 29.6 Å². The second kappa shape index (κ2) is 6.61. The molecule has 0 unspecified atom stereocenters. The summed E-state index contributed by atoms with van der Waals surface area (Å²) >= 11 is 0. The topological polar surface area (TPSA) is 64.6 Å². The Morgan fingerprint density at radius 2 is 1.97 bits per heavy atom. The van der Waals surface area contributed by atoms with E-state index in [1.54, 1.807) is 7.11 Å². The van der Waals surface area contributed by atoms with Crippen molar-refractivity contribution in [2.24, 2.45) is 17.8 Å². The van der Waals surface area contributed by atoms with Crippen LogP contribution in [0.25, 0.3) is 0 Å². The molecule has 5 atom stereocenters. The van der Waals surface area contributed by atoms with Crippen molar-refractivity contribution in [2.75, 3.05) is 7.11 Å². The molecular weight excluding hydrogens is 366 g/mol. The summed E-state index contributed by atoms with van der Waals surface area (Å²) in [4.78, 5) is 25.8. The van der Waals surface area contributed by atoms with E-state index in [1.807, 2.05) is 55.5 Å². The van der Waals surface area contributed by atoms with Gasteiger partial charge in [-0.1, -0.05) is 30.3 Å². The number of nitrogens with one attached hydrogen (secondary N) is 1. The van der Waals surface area contributed by atoms with Crippen LogP contribution < -0.4 is 14.8 Å². The normalized spacial score (nSPS) is 30.1. The Morgan fingerprint density at radius 3 is 2.79 bits per heavy atom. The number of para-hydroxylation sites is 2. The van der Waals surface area contributed by atoms with Gasteiger partial charge in [0.1, 0.15) is 17.1 Å². The van der Waals surface area contributed by atoms with Gasteiger partial charge in [0.05, 0.1) is 25.1 Å². The molecule has 5 nitrogen and oxygen atoms in total. The molecule has 1 aliphatic heterocycles. The summed E-state index contributed by atoms with van der Waals surface area (Å²) < 4.78 is 11.8. The van der Waals surface area contributed by atoms with Crippen LogP contribution in [0.5, 0.6) is 11.5 Å². The third kappa shape index (κ3) is 2.83. The van der Waals surface area contributed by atoms with Gasteiger partial charge in [-0.05, 0) is 43.9 Å². The van der Waals surface area contributed by atoms with Crippen molar-refractivity contribution < 1.29 is 19.1 Å². The van der Waals surface area contributed by atoms with Crippen molar-refractivity contribution in [3.05, 3.63) is 59.7 Å². The summed E-state index contributed by atoms with van der Waals surface area (Å²) in [6.45, 7) is 1.97. The number of hydrogen-bond acceptors (Lipinski definition) is 4. The van der Waals surface area contributed by atoms with Crippen molar-refractivity contribution in [1.82, 2.24) is 5.32 Å². The highest BCUT2D eigenvalue weighted by molar-refractivity contribution is 6.00. The maximum Gasteiger partial charge on any atom is 0.224 e. The molecule has 2 fully saturated rings. The quantitative estimate of drug-likeness (QED) is 0.858. The lowest BCUT2D eigenvalue weighted by Crippen LogP contribution is -2.44. The van der Waals surface area contributed by atoms with Crippen LogP contribution in [0.3, 0.4) is 0 Å². The smallest absolute Gasteiger partial charge is 0.224 e. The molecule has 2 aliphatic carbocycles. The molecule has 29 heavy (non-hydrogen) atoms. The molecule has 1 amide bonds. The number of carbonyl (C=O) groups is 2. The molecule has 0 bridgehead atoms. The first-order valence-corrected chi connectivity index (χ1v) is 10.3. The molecule has 2 aromatic carbocycles. The minimum absolute atomic E-state index is 0.0485. The molecule has 0 saturated heterocycles. The van der Waals surface area contributed by atoms with Gasteiger partial charge >= 0.3 is 0 Å². The van der Waals surface area contributed by atoms with Gasteiger partial charge in [-0.2, -0.15) is 0 Å². The Bertz CT molecular complexity index is 986. The highest BCUT2D eigenvalue weighted by Crippen LogP contribution is 2.65. The molecule has 0 aromatic heterocycles. The molecule has 2 saturated carbocycles. The number of carbonyl (C=O) groups excluding carboxylic acids is 2. The Kier molecular flexibility index (Phi) is 4.16. The predicted molar refractivity (Wildman–Crippen MR) is 108 cm³/mol. The van der Waals surface area contributed by atoms with Crippen molar-refractivity contribution in [1.29, 1.82) is 0 Å². The minimum atomic E-state index is -0.522. The zero-order valence-electron chi connectivity index (χ0n) is 16.7. The summed E-state index contributed by atoms with van der Waals surface area (Å²) in [6.07, 6.45) is 2.15. The highest BCUT2D eigenvalue weighted by Gasteiger charge is 2.70. The van der Waals surface area contributed by atoms with Crippen LogP contribution in [-0.2, 0) is 4.79 Å². The number of hydrogen-bond donors (Lipinski definition) is 1. The van der Waals surface area contributed by atoms with Crippen LogP contribution in [0, 0.1) is 17.8 Å². The third-order valence-corrected chi connectivity index (χ3v) is 6.90. The van der Waals surface area contributed by atoms with Crippen LogP contribution in [0.15, 0.2) is 48.5 Å². The molecule has 1 N–H and O–H groups in total. The van der Waals surface area contributed by atoms with E-state index in [2.05, 4.69) is 5.32 Å². The molecule has 150 valence electrons. The SMILES string of the molecule is COc1ccccc1[C@@H](C)NC(=O)[C@@H]1[C@H]2CC[C@@]3(CC(=O)c4ccccc4O3)[C@@H]21. The van der Waals surface area contributed by atoms with E-state index in [0.717, 1.165) is 24.2 Å². The number of amides is 1. The number of methoxy groups -OCH3 is 1. The molecule has 1 spiro atoms. The van der Waals surface area contributed by atoms with Crippen molar-refractivity contribution in [3.8, 4) is 11.5 Å². The van der Waals surface area contributed by atoms with Crippen molar-refractivity contribution in [3.63, 3.8) is 0 Å².